The highest BCUT2D eigenvalue weighted by Crippen LogP contribution is 2.19. The van der Waals surface area contributed by atoms with E-state index < -0.39 is 0 Å². The van der Waals surface area contributed by atoms with E-state index in [1.165, 1.54) is 25.7 Å². The van der Waals surface area contributed by atoms with Gasteiger partial charge in [-0.05, 0) is 42.5 Å². The van der Waals surface area contributed by atoms with Crippen molar-refractivity contribution in [3.05, 3.63) is 11.6 Å². The third kappa shape index (κ3) is 2.78. The smallest absolute Gasteiger partial charge is 0.242 e. The van der Waals surface area contributed by atoms with Gasteiger partial charge in [-0.25, -0.2) is 4.68 Å². The van der Waals surface area contributed by atoms with Gasteiger partial charge in [-0.3, -0.25) is 0 Å². The van der Waals surface area contributed by atoms with Gasteiger partial charge in [0.05, 0.1) is 0 Å². The van der Waals surface area contributed by atoms with Gasteiger partial charge in [0.1, 0.15) is 0 Å². The first-order valence-electron chi connectivity index (χ1n) is 5.50. The maximum atomic E-state index is 3.87. The fourth-order valence-corrected chi connectivity index (χ4v) is 1.85. The molecule has 5 nitrogen and oxygen atoms in total. The number of hydrogen-bond acceptors (Lipinski definition) is 4. The first kappa shape index (κ1) is 10.1. The molecule has 1 heterocycles. The predicted octanol–water partition coefficient (Wildman–Crippen LogP) is 1.51. The minimum absolute atomic E-state index is 0.742. The van der Waals surface area contributed by atoms with Crippen molar-refractivity contribution < 1.29 is 0 Å². The van der Waals surface area contributed by atoms with E-state index in [0.717, 1.165) is 18.9 Å². The lowest BCUT2D eigenvalue weighted by molar-refractivity contribution is 0.676. The summed E-state index contributed by atoms with van der Waals surface area (Å²) in [5, 5.41) is 14.4. The van der Waals surface area contributed by atoms with Crippen molar-refractivity contribution in [1.29, 1.82) is 0 Å². The number of tetrazole rings is 1. The molecular formula is C10H17N5. The number of aromatic nitrogens is 4. The molecule has 1 aromatic heterocycles. The lowest BCUT2D eigenvalue weighted by Gasteiger charge is -2.12. The number of allylic oxidation sites excluding steroid dienone is 1. The molecule has 1 N–H and O–H groups in total. The molecule has 82 valence electrons. The van der Waals surface area contributed by atoms with Gasteiger partial charge in [0.25, 0.3) is 0 Å². The molecule has 0 spiro atoms. The summed E-state index contributed by atoms with van der Waals surface area (Å²) >= 11 is 0. The Kier molecular flexibility index (Phi) is 3.32. The molecule has 1 aliphatic carbocycles. The molecule has 2 rings (SSSR count). The summed E-state index contributed by atoms with van der Waals surface area (Å²) in [4.78, 5) is 0. The molecule has 5 heteroatoms. The molecule has 0 atom stereocenters. The van der Waals surface area contributed by atoms with Crippen LogP contribution in [0.1, 0.15) is 32.1 Å². The van der Waals surface area contributed by atoms with Gasteiger partial charge in [-0.15, -0.1) is 0 Å². The first-order valence-corrected chi connectivity index (χ1v) is 5.50. The minimum Gasteiger partial charge on any atom is -0.353 e. The monoisotopic (exact) mass is 207 g/mol. The summed E-state index contributed by atoms with van der Waals surface area (Å²) in [6.07, 6.45) is 8.69. The Morgan fingerprint density at radius 2 is 2.40 bits per heavy atom. The Labute approximate surface area is 89.6 Å². The average molecular weight is 207 g/mol. The van der Waals surface area contributed by atoms with Crippen LogP contribution >= 0.6 is 0 Å². The molecule has 0 bridgehead atoms. The number of nitrogens with one attached hydrogen (secondary N) is 1. The van der Waals surface area contributed by atoms with Crippen LogP contribution in [0.2, 0.25) is 0 Å². The number of rotatable bonds is 4. The molecule has 0 aromatic carbocycles. The maximum absolute atomic E-state index is 3.87. The number of anilines is 1. The van der Waals surface area contributed by atoms with Crippen LogP contribution < -0.4 is 5.32 Å². The van der Waals surface area contributed by atoms with E-state index in [9.17, 15) is 0 Å². The Morgan fingerprint density at radius 3 is 3.07 bits per heavy atom. The van der Waals surface area contributed by atoms with Crippen LogP contribution in [0.4, 0.5) is 5.95 Å². The Bertz CT molecular complexity index is 341. The number of hydrogen-bond donors (Lipinski definition) is 1. The second kappa shape index (κ2) is 4.91. The van der Waals surface area contributed by atoms with Gasteiger partial charge in [0.15, 0.2) is 0 Å². The molecule has 0 radical (unpaired) electrons. The van der Waals surface area contributed by atoms with Crippen molar-refractivity contribution in [3.63, 3.8) is 0 Å². The van der Waals surface area contributed by atoms with Crippen LogP contribution in [0.15, 0.2) is 11.6 Å². The van der Waals surface area contributed by atoms with Crippen molar-refractivity contribution in [2.75, 3.05) is 11.9 Å². The Hall–Kier alpha value is -1.39. The molecule has 15 heavy (non-hydrogen) atoms. The zero-order valence-corrected chi connectivity index (χ0v) is 9.11. The van der Waals surface area contributed by atoms with E-state index in [1.807, 2.05) is 7.05 Å². The van der Waals surface area contributed by atoms with Crippen LogP contribution in [0, 0.1) is 0 Å². The number of nitrogens with zero attached hydrogens (tertiary/aromatic N) is 4. The number of aryl methyl sites for hydroxylation is 1. The second-order valence-corrected chi connectivity index (χ2v) is 3.91. The summed E-state index contributed by atoms with van der Waals surface area (Å²) in [6.45, 7) is 0.917. The van der Waals surface area contributed by atoms with Crippen LogP contribution in [0.3, 0.4) is 0 Å². The zero-order valence-electron chi connectivity index (χ0n) is 9.11. The van der Waals surface area contributed by atoms with Gasteiger partial charge in [0.2, 0.25) is 5.95 Å². The quantitative estimate of drug-likeness (QED) is 0.760. The average Bonchev–Trinajstić information content (AvgIpc) is 2.66. The highest BCUT2D eigenvalue weighted by molar-refractivity contribution is 5.21. The van der Waals surface area contributed by atoms with Gasteiger partial charge in [-0.2, -0.15) is 0 Å². The lowest BCUT2D eigenvalue weighted by Crippen LogP contribution is -2.08. The van der Waals surface area contributed by atoms with E-state index in [-0.39, 0.29) is 0 Å². The standard InChI is InChI=1S/C10H17N5/c1-15-10(12-13-14-15)11-8-7-9-5-3-2-4-6-9/h5H,2-4,6-8H2,1H3,(H,11,12,14). The van der Waals surface area contributed by atoms with Crippen molar-refractivity contribution in [1.82, 2.24) is 20.2 Å². The normalized spacial score (nSPS) is 16.2. The molecular weight excluding hydrogens is 190 g/mol. The van der Waals surface area contributed by atoms with Crippen LogP contribution in [-0.4, -0.2) is 26.8 Å². The van der Waals surface area contributed by atoms with Crippen molar-refractivity contribution in [2.24, 2.45) is 7.05 Å². The van der Waals surface area contributed by atoms with Crippen LogP contribution in [0.5, 0.6) is 0 Å². The molecule has 1 aliphatic rings. The molecule has 1 aromatic rings. The van der Waals surface area contributed by atoms with E-state index in [2.05, 4.69) is 26.9 Å². The van der Waals surface area contributed by atoms with Gasteiger partial charge < -0.3 is 5.32 Å². The highest BCUT2D eigenvalue weighted by Gasteiger charge is 2.04. The van der Waals surface area contributed by atoms with E-state index in [1.54, 1.807) is 10.3 Å². The molecule has 0 saturated carbocycles. The van der Waals surface area contributed by atoms with Gasteiger partial charge >= 0.3 is 0 Å². The van der Waals surface area contributed by atoms with Crippen molar-refractivity contribution >= 4 is 5.95 Å². The van der Waals surface area contributed by atoms with Gasteiger partial charge in [-0.1, -0.05) is 16.7 Å². The molecule has 0 amide bonds. The second-order valence-electron chi connectivity index (χ2n) is 3.91. The Balaban J connectivity index is 1.75. The maximum Gasteiger partial charge on any atom is 0.242 e. The topological polar surface area (TPSA) is 55.6 Å². The third-order valence-electron chi connectivity index (χ3n) is 2.73. The summed E-state index contributed by atoms with van der Waals surface area (Å²) < 4.78 is 1.65. The Morgan fingerprint density at radius 1 is 1.47 bits per heavy atom. The molecule has 0 fully saturated rings. The minimum atomic E-state index is 0.742. The van der Waals surface area contributed by atoms with E-state index >= 15 is 0 Å². The van der Waals surface area contributed by atoms with Crippen LogP contribution in [0.25, 0.3) is 0 Å². The highest BCUT2D eigenvalue weighted by atomic mass is 15.6. The summed E-state index contributed by atoms with van der Waals surface area (Å²) in [6, 6.07) is 0. The van der Waals surface area contributed by atoms with E-state index in [0.29, 0.717) is 0 Å². The SMILES string of the molecule is Cn1nnnc1NCCC1=CCCCC1. The largest absolute Gasteiger partial charge is 0.353 e. The third-order valence-corrected chi connectivity index (χ3v) is 2.73. The fraction of sp³-hybridized carbons (Fsp3) is 0.700. The van der Waals surface area contributed by atoms with E-state index in [4.69, 9.17) is 0 Å². The molecule has 0 aliphatic heterocycles. The summed E-state index contributed by atoms with van der Waals surface area (Å²) in [5.74, 6) is 0.742. The summed E-state index contributed by atoms with van der Waals surface area (Å²) in [7, 11) is 1.84. The van der Waals surface area contributed by atoms with Crippen LogP contribution in [-0.2, 0) is 7.05 Å². The first-order chi connectivity index (χ1) is 7.36. The van der Waals surface area contributed by atoms with Crippen molar-refractivity contribution in [2.45, 2.75) is 32.1 Å². The zero-order chi connectivity index (χ0) is 10.5. The lowest BCUT2D eigenvalue weighted by atomic mass is 9.97. The summed E-state index contributed by atoms with van der Waals surface area (Å²) in [5.41, 5.74) is 1.57. The molecule has 0 unspecified atom stereocenters. The predicted molar refractivity (Wildman–Crippen MR) is 58.5 cm³/mol. The fourth-order valence-electron chi connectivity index (χ4n) is 1.85. The van der Waals surface area contributed by atoms with Crippen molar-refractivity contribution in [3.8, 4) is 0 Å². The van der Waals surface area contributed by atoms with Gasteiger partial charge in [0, 0.05) is 13.6 Å². The molecule has 0 saturated heterocycles.